The molecule has 0 saturated carbocycles. The van der Waals surface area contributed by atoms with Crippen LogP contribution >= 0.6 is 0 Å². The predicted octanol–water partition coefficient (Wildman–Crippen LogP) is 1.96. The molecule has 0 saturated heterocycles. The van der Waals surface area contributed by atoms with Crippen molar-refractivity contribution >= 4 is 29.4 Å². The van der Waals surface area contributed by atoms with E-state index in [2.05, 4.69) is 26.3 Å². The summed E-state index contributed by atoms with van der Waals surface area (Å²) in [4.78, 5) is 68.7. The van der Waals surface area contributed by atoms with E-state index in [9.17, 15) is 24.0 Å². The van der Waals surface area contributed by atoms with E-state index in [1.165, 1.54) is 31.5 Å². The van der Waals surface area contributed by atoms with Gasteiger partial charge in [0.25, 0.3) is 11.8 Å². The highest BCUT2D eigenvalue weighted by molar-refractivity contribution is 6.38. The van der Waals surface area contributed by atoms with E-state index >= 15 is 0 Å². The number of nitrogens with zero attached hydrogens (tertiary/aromatic N) is 1. The molecular weight excluding hydrogens is 550 g/mol. The van der Waals surface area contributed by atoms with E-state index < -0.39 is 53.5 Å². The first-order valence-corrected chi connectivity index (χ1v) is 13.9. The first-order chi connectivity index (χ1) is 20.6. The smallest absolute Gasteiger partial charge is 0.289 e. The number of hydrogen-bond acceptors (Lipinski definition) is 7. The summed E-state index contributed by atoms with van der Waals surface area (Å²) in [5, 5.41) is 10.5. The fraction of sp³-hybridized carbons (Fsp3) is 0.312. The molecule has 0 radical (unpaired) electrons. The number of carbonyl (C=O) groups is 5. The van der Waals surface area contributed by atoms with Crippen molar-refractivity contribution in [3.8, 4) is 5.75 Å². The molecule has 1 aromatic heterocycles. The number of amides is 4. The highest BCUT2D eigenvalue weighted by Crippen LogP contribution is 2.11. The third kappa shape index (κ3) is 9.77. The summed E-state index contributed by atoms with van der Waals surface area (Å²) < 4.78 is 5.12. The molecule has 0 bridgehead atoms. The number of ether oxygens (including phenoxy) is 1. The molecule has 11 heteroatoms. The van der Waals surface area contributed by atoms with Gasteiger partial charge in [0.2, 0.25) is 17.6 Å². The molecule has 43 heavy (non-hydrogen) atoms. The van der Waals surface area contributed by atoms with Crippen molar-refractivity contribution in [2.24, 2.45) is 5.92 Å². The van der Waals surface area contributed by atoms with Gasteiger partial charge in [-0.2, -0.15) is 0 Å². The molecule has 0 fully saturated rings. The Kier molecular flexibility index (Phi) is 11.9. The van der Waals surface area contributed by atoms with E-state index in [1.807, 2.05) is 30.3 Å². The van der Waals surface area contributed by atoms with Gasteiger partial charge in [-0.25, -0.2) is 0 Å². The Morgan fingerprint density at radius 2 is 1.42 bits per heavy atom. The van der Waals surface area contributed by atoms with Crippen molar-refractivity contribution in [1.82, 2.24) is 26.3 Å². The summed E-state index contributed by atoms with van der Waals surface area (Å²) in [6, 6.07) is 16.0. The Balaban J connectivity index is 1.63. The summed E-state index contributed by atoms with van der Waals surface area (Å²) in [6.07, 6.45) is 3.12. The van der Waals surface area contributed by atoms with Gasteiger partial charge in [0.1, 0.15) is 17.8 Å². The quantitative estimate of drug-likeness (QED) is 0.210. The number of pyridine rings is 1. The van der Waals surface area contributed by atoms with Crippen LogP contribution in [0.2, 0.25) is 0 Å². The molecule has 11 nitrogen and oxygen atoms in total. The van der Waals surface area contributed by atoms with Crippen LogP contribution in [-0.4, -0.2) is 59.6 Å². The van der Waals surface area contributed by atoms with E-state index in [0.29, 0.717) is 11.3 Å². The average Bonchev–Trinajstić information content (AvgIpc) is 3.02. The topological polar surface area (TPSA) is 156 Å². The molecule has 3 aromatic rings. The molecule has 0 aliphatic heterocycles. The molecule has 3 rings (SSSR count). The Hall–Kier alpha value is -5.06. The third-order valence-corrected chi connectivity index (χ3v) is 6.68. The van der Waals surface area contributed by atoms with Crippen molar-refractivity contribution in [2.75, 3.05) is 7.11 Å². The van der Waals surface area contributed by atoms with E-state index in [4.69, 9.17) is 4.74 Å². The summed E-state index contributed by atoms with van der Waals surface area (Å²) in [7, 11) is 1.55. The number of hydrogen-bond donors (Lipinski definition) is 4. The van der Waals surface area contributed by atoms with Crippen LogP contribution in [0.15, 0.2) is 79.1 Å². The fourth-order valence-electron chi connectivity index (χ4n) is 4.15. The number of aromatic nitrogens is 1. The Bertz CT molecular complexity index is 1400. The van der Waals surface area contributed by atoms with E-state index in [-0.39, 0.29) is 13.0 Å². The molecule has 3 unspecified atom stereocenters. The second kappa shape index (κ2) is 15.8. The maximum atomic E-state index is 13.3. The molecule has 2 aromatic carbocycles. The molecule has 0 spiro atoms. The largest absolute Gasteiger partial charge is 0.497 e. The molecule has 0 aliphatic carbocycles. The van der Waals surface area contributed by atoms with Gasteiger partial charge in [0.05, 0.1) is 13.2 Å². The van der Waals surface area contributed by atoms with Crippen molar-refractivity contribution in [1.29, 1.82) is 0 Å². The molecule has 0 aliphatic rings. The van der Waals surface area contributed by atoms with Crippen LogP contribution in [-0.2, 0) is 32.1 Å². The lowest BCUT2D eigenvalue weighted by Crippen LogP contribution is -2.57. The minimum absolute atomic E-state index is 0.119. The Morgan fingerprint density at radius 3 is 2.02 bits per heavy atom. The van der Waals surface area contributed by atoms with Gasteiger partial charge in [-0.1, -0.05) is 56.3 Å². The van der Waals surface area contributed by atoms with E-state index in [0.717, 1.165) is 11.1 Å². The number of carbonyl (C=O) groups excluding carboxylic acids is 5. The van der Waals surface area contributed by atoms with Gasteiger partial charge in [-0.15, -0.1) is 0 Å². The van der Waals surface area contributed by atoms with Gasteiger partial charge in [0.15, 0.2) is 0 Å². The number of Topliss-reactive ketones (excluding diaryl/α,β-unsaturated/α-hetero) is 1. The van der Waals surface area contributed by atoms with E-state index in [1.54, 1.807) is 45.2 Å². The standard InChI is InChI=1S/C32H37N5O6/c1-20(2)27(28(38)32(42)34-19-23-10-12-25(43-4)13-11-23)37-29(39)21(3)35-31(41)26(18-22-8-6-5-7-9-22)36-30(40)24-14-16-33-17-15-24/h5-17,20-21,26-27H,18-19H2,1-4H3,(H,34,42)(H,35,41)(H,36,40)(H,37,39). The highest BCUT2D eigenvalue weighted by Gasteiger charge is 2.32. The van der Waals surface area contributed by atoms with Crippen LogP contribution in [0.5, 0.6) is 5.75 Å². The minimum atomic E-state index is -1.12. The molecule has 226 valence electrons. The number of ketones is 1. The van der Waals surface area contributed by atoms with Crippen LogP contribution in [0.25, 0.3) is 0 Å². The first-order valence-electron chi connectivity index (χ1n) is 13.9. The molecule has 4 N–H and O–H groups in total. The molecule has 4 amide bonds. The SMILES string of the molecule is COc1ccc(CNC(=O)C(=O)C(NC(=O)C(C)NC(=O)C(Cc2ccccc2)NC(=O)c2ccncc2)C(C)C)cc1. The van der Waals surface area contributed by atoms with Crippen LogP contribution in [0, 0.1) is 5.92 Å². The average molecular weight is 588 g/mol. The lowest BCUT2D eigenvalue weighted by molar-refractivity contribution is -0.141. The second-order valence-corrected chi connectivity index (χ2v) is 10.3. The minimum Gasteiger partial charge on any atom is -0.497 e. The lowest BCUT2D eigenvalue weighted by atomic mass is 9.98. The highest BCUT2D eigenvalue weighted by atomic mass is 16.5. The number of methoxy groups -OCH3 is 1. The van der Waals surface area contributed by atoms with Crippen LogP contribution in [0.4, 0.5) is 0 Å². The van der Waals surface area contributed by atoms with Gasteiger partial charge in [-0.3, -0.25) is 29.0 Å². The zero-order valence-electron chi connectivity index (χ0n) is 24.6. The Labute approximate surface area is 250 Å². The third-order valence-electron chi connectivity index (χ3n) is 6.68. The Morgan fingerprint density at radius 1 is 0.767 bits per heavy atom. The predicted molar refractivity (Wildman–Crippen MR) is 160 cm³/mol. The van der Waals surface area contributed by atoms with Crippen LogP contribution in [0.1, 0.15) is 42.3 Å². The van der Waals surface area contributed by atoms with Crippen LogP contribution in [0.3, 0.4) is 0 Å². The fourth-order valence-corrected chi connectivity index (χ4v) is 4.15. The summed E-state index contributed by atoms with van der Waals surface area (Å²) in [5.41, 5.74) is 1.90. The van der Waals surface area contributed by atoms with Crippen molar-refractivity contribution in [3.63, 3.8) is 0 Å². The molecule has 1 heterocycles. The normalized spacial score (nSPS) is 12.8. The summed E-state index contributed by atoms with van der Waals surface area (Å²) in [5.74, 6) is -3.09. The van der Waals surface area contributed by atoms with Crippen LogP contribution < -0.4 is 26.0 Å². The maximum Gasteiger partial charge on any atom is 0.289 e. The van der Waals surface area contributed by atoms with Crippen molar-refractivity contribution in [2.45, 2.75) is 51.9 Å². The van der Waals surface area contributed by atoms with Crippen molar-refractivity contribution < 1.29 is 28.7 Å². The summed E-state index contributed by atoms with van der Waals surface area (Å²) >= 11 is 0. The lowest BCUT2D eigenvalue weighted by Gasteiger charge is -2.25. The molecule has 3 atom stereocenters. The van der Waals surface area contributed by atoms with Crippen molar-refractivity contribution in [3.05, 3.63) is 95.8 Å². The van der Waals surface area contributed by atoms with Gasteiger partial charge in [0, 0.05) is 30.9 Å². The number of nitrogens with one attached hydrogen (secondary N) is 4. The monoisotopic (exact) mass is 587 g/mol. The zero-order valence-corrected chi connectivity index (χ0v) is 24.6. The number of benzene rings is 2. The van der Waals surface area contributed by atoms with Gasteiger partial charge in [-0.05, 0) is 48.2 Å². The summed E-state index contributed by atoms with van der Waals surface area (Å²) in [6.45, 7) is 4.98. The van der Waals surface area contributed by atoms with Gasteiger partial charge >= 0.3 is 0 Å². The zero-order chi connectivity index (χ0) is 31.4. The second-order valence-electron chi connectivity index (χ2n) is 10.3. The molecular formula is C32H37N5O6. The first kappa shape index (κ1) is 32.5. The number of rotatable bonds is 14. The van der Waals surface area contributed by atoms with Gasteiger partial charge < -0.3 is 26.0 Å². The maximum absolute atomic E-state index is 13.3.